The van der Waals surface area contributed by atoms with Gasteiger partial charge < -0.3 is 10.2 Å². The number of hydrogen-bond acceptors (Lipinski definition) is 2. The van der Waals surface area contributed by atoms with Crippen molar-refractivity contribution < 1.29 is 9.59 Å². The molecule has 3 saturated carbocycles. The Kier molecular flexibility index (Phi) is 3.43. The van der Waals surface area contributed by atoms with E-state index >= 15 is 0 Å². The van der Waals surface area contributed by atoms with E-state index in [9.17, 15) is 9.59 Å². The monoisotopic (exact) mass is 290 g/mol. The van der Waals surface area contributed by atoms with Crippen LogP contribution < -0.4 is 5.32 Å². The van der Waals surface area contributed by atoms with Gasteiger partial charge in [0, 0.05) is 19.0 Å². The lowest BCUT2D eigenvalue weighted by atomic mass is 9.86. The van der Waals surface area contributed by atoms with Gasteiger partial charge in [0.25, 0.3) is 0 Å². The van der Waals surface area contributed by atoms with E-state index in [0.717, 1.165) is 44.1 Å². The van der Waals surface area contributed by atoms with Crippen LogP contribution in [0.3, 0.4) is 0 Å². The Morgan fingerprint density at radius 2 is 1.90 bits per heavy atom. The zero-order valence-electron chi connectivity index (χ0n) is 12.7. The van der Waals surface area contributed by atoms with Gasteiger partial charge in [-0.15, -0.1) is 0 Å². The Balaban J connectivity index is 1.35. The number of likely N-dealkylation sites (tertiary alicyclic amines) is 1. The number of rotatable bonds is 4. The maximum Gasteiger partial charge on any atom is 0.243 e. The van der Waals surface area contributed by atoms with Gasteiger partial charge in [0.05, 0.1) is 0 Å². The first kappa shape index (κ1) is 13.6. The van der Waals surface area contributed by atoms with E-state index in [2.05, 4.69) is 5.32 Å². The molecule has 0 radical (unpaired) electrons. The molecule has 1 aliphatic heterocycles. The third-order valence-electron chi connectivity index (χ3n) is 6.12. The average Bonchev–Trinajstić information content (AvgIpc) is 2.94. The molecule has 0 aromatic rings. The molecule has 0 aromatic heterocycles. The van der Waals surface area contributed by atoms with Gasteiger partial charge >= 0.3 is 0 Å². The van der Waals surface area contributed by atoms with Crippen LogP contribution in [0.5, 0.6) is 0 Å². The smallest absolute Gasteiger partial charge is 0.243 e. The van der Waals surface area contributed by atoms with Crippen molar-refractivity contribution in [2.45, 2.75) is 69.9 Å². The van der Waals surface area contributed by atoms with Crippen LogP contribution in [0.25, 0.3) is 0 Å². The molecule has 4 nitrogen and oxygen atoms in total. The summed E-state index contributed by atoms with van der Waals surface area (Å²) in [6.45, 7) is 0.780. The molecule has 2 amide bonds. The maximum atomic E-state index is 12.6. The Morgan fingerprint density at radius 3 is 2.57 bits per heavy atom. The molecule has 4 atom stereocenters. The molecule has 2 bridgehead atoms. The molecule has 4 heteroatoms. The van der Waals surface area contributed by atoms with Gasteiger partial charge in [0.15, 0.2) is 0 Å². The van der Waals surface area contributed by atoms with Crippen molar-refractivity contribution in [3.63, 3.8) is 0 Å². The van der Waals surface area contributed by atoms with Gasteiger partial charge in [-0.1, -0.05) is 6.42 Å². The van der Waals surface area contributed by atoms with Crippen LogP contribution in [0, 0.1) is 17.8 Å². The molecule has 116 valence electrons. The van der Waals surface area contributed by atoms with Crippen molar-refractivity contribution >= 4 is 11.8 Å². The minimum Gasteiger partial charge on any atom is -0.352 e. The summed E-state index contributed by atoms with van der Waals surface area (Å²) in [5.74, 6) is 2.61. The number of carbonyl (C=O) groups is 2. The fraction of sp³-hybridized carbons (Fsp3) is 0.882. The molecule has 4 aliphatic rings. The zero-order valence-corrected chi connectivity index (χ0v) is 12.7. The highest BCUT2D eigenvalue weighted by atomic mass is 16.2. The van der Waals surface area contributed by atoms with Crippen LogP contribution in [0.15, 0.2) is 0 Å². The topological polar surface area (TPSA) is 49.4 Å². The minimum atomic E-state index is -0.184. The lowest BCUT2D eigenvalue weighted by Crippen LogP contribution is -2.47. The third kappa shape index (κ3) is 2.69. The van der Waals surface area contributed by atoms with Gasteiger partial charge in [-0.25, -0.2) is 0 Å². The van der Waals surface area contributed by atoms with E-state index < -0.39 is 0 Å². The summed E-state index contributed by atoms with van der Waals surface area (Å²) in [4.78, 5) is 26.8. The predicted octanol–water partition coefficient (Wildman–Crippen LogP) is 2.08. The van der Waals surface area contributed by atoms with E-state index in [4.69, 9.17) is 0 Å². The molecule has 4 rings (SSSR count). The number of nitrogens with zero attached hydrogens (tertiary/aromatic N) is 1. The van der Waals surface area contributed by atoms with Crippen molar-refractivity contribution in [1.29, 1.82) is 0 Å². The van der Waals surface area contributed by atoms with Crippen LogP contribution in [0.4, 0.5) is 0 Å². The van der Waals surface area contributed by atoms with Crippen LogP contribution in [0.2, 0.25) is 0 Å². The van der Waals surface area contributed by atoms with Gasteiger partial charge in [-0.05, 0) is 62.7 Å². The second-order valence-electron chi connectivity index (χ2n) is 7.67. The summed E-state index contributed by atoms with van der Waals surface area (Å²) >= 11 is 0. The minimum absolute atomic E-state index is 0.0938. The SMILES string of the molecule is O=C(NC1CC1)[C@@H]1CCCN1C(=O)C[C@@H]1C[C@H]2CC[C@H]1C2. The van der Waals surface area contributed by atoms with E-state index in [1.54, 1.807) is 0 Å². The fourth-order valence-electron chi connectivity index (χ4n) is 4.83. The average molecular weight is 290 g/mol. The summed E-state index contributed by atoms with van der Waals surface area (Å²) in [6, 6.07) is 0.206. The van der Waals surface area contributed by atoms with E-state index in [1.165, 1.54) is 25.7 Å². The molecule has 3 aliphatic carbocycles. The molecular formula is C17H26N2O2. The van der Waals surface area contributed by atoms with E-state index in [-0.39, 0.29) is 17.9 Å². The second-order valence-corrected chi connectivity index (χ2v) is 7.67. The molecule has 21 heavy (non-hydrogen) atoms. The summed E-state index contributed by atoms with van der Waals surface area (Å²) in [7, 11) is 0. The number of nitrogens with one attached hydrogen (secondary N) is 1. The summed E-state index contributed by atoms with van der Waals surface area (Å²) in [5, 5.41) is 3.07. The van der Waals surface area contributed by atoms with Crippen molar-refractivity contribution in [2.75, 3.05) is 6.54 Å². The van der Waals surface area contributed by atoms with E-state index in [0.29, 0.717) is 18.4 Å². The molecule has 0 aromatic carbocycles. The van der Waals surface area contributed by atoms with Crippen molar-refractivity contribution in [1.82, 2.24) is 10.2 Å². The molecule has 4 fully saturated rings. The first-order valence-corrected chi connectivity index (χ1v) is 8.80. The highest BCUT2D eigenvalue weighted by Gasteiger charge is 2.42. The highest BCUT2D eigenvalue weighted by Crippen LogP contribution is 2.49. The quantitative estimate of drug-likeness (QED) is 0.862. The number of hydrogen-bond donors (Lipinski definition) is 1. The maximum absolute atomic E-state index is 12.6. The number of carbonyl (C=O) groups excluding carboxylic acids is 2. The first-order chi connectivity index (χ1) is 10.2. The van der Waals surface area contributed by atoms with Crippen LogP contribution in [0.1, 0.15) is 57.8 Å². The van der Waals surface area contributed by atoms with Gasteiger partial charge in [0.2, 0.25) is 11.8 Å². The molecule has 1 heterocycles. The van der Waals surface area contributed by atoms with E-state index in [1.807, 2.05) is 4.90 Å². The van der Waals surface area contributed by atoms with Crippen molar-refractivity contribution in [2.24, 2.45) is 17.8 Å². The summed E-state index contributed by atoms with van der Waals surface area (Å²) < 4.78 is 0. The van der Waals surface area contributed by atoms with Gasteiger partial charge in [-0.2, -0.15) is 0 Å². The molecular weight excluding hydrogens is 264 g/mol. The molecule has 1 N–H and O–H groups in total. The lowest BCUT2D eigenvalue weighted by Gasteiger charge is -2.27. The summed E-state index contributed by atoms with van der Waals surface area (Å²) in [5.41, 5.74) is 0. The fourth-order valence-corrected chi connectivity index (χ4v) is 4.83. The molecule has 1 saturated heterocycles. The largest absolute Gasteiger partial charge is 0.352 e. The Morgan fingerprint density at radius 1 is 1.05 bits per heavy atom. The number of amides is 2. The van der Waals surface area contributed by atoms with Crippen LogP contribution in [-0.2, 0) is 9.59 Å². The van der Waals surface area contributed by atoms with Crippen LogP contribution >= 0.6 is 0 Å². The molecule has 0 spiro atoms. The summed E-state index contributed by atoms with van der Waals surface area (Å²) in [6.07, 6.45) is 10.0. The Hall–Kier alpha value is -1.06. The normalized spacial score (nSPS) is 38.0. The third-order valence-corrected chi connectivity index (χ3v) is 6.12. The predicted molar refractivity (Wildman–Crippen MR) is 79.5 cm³/mol. The number of fused-ring (bicyclic) bond motifs is 2. The van der Waals surface area contributed by atoms with Gasteiger partial charge in [0.1, 0.15) is 6.04 Å². The Bertz CT molecular complexity index is 446. The second kappa shape index (κ2) is 5.29. The van der Waals surface area contributed by atoms with Crippen molar-refractivity contribution in [3.05, 3.63) is 0 Å². The van der Waals surface area contributed by atoms with Gasteiger partial charge in [-0.3, -0.25) is 9.59 Å². The Labute approximate surface area is 126 Å². The lowest BCUT2D eigenvalue weighted by molar-refractivity contribution is -0.139. The standard InChI is InChI=1S/C17H26N2O2/c20-16(10-13-9-11-3-4-12(13)8-11)19-7-1-2-15(19)17(21)18-14-5-6-14/h11-15H,1-10H2,(H,18,21)/t11-,12-,13-,15-/m0/s1. The molecule has 0 unspecified atom stereocenters. The highest BCUT2D eigenvalue weighted by molar-refractivity contribution is 5.88. The zero-order chi connectivity index (χ0) is 14.4. The first-order valence-electron chi connectivity index (χ1n) is 8.80. The van der Waals surface area contributed by atoms with Crippen molar-refractivity contribution in [3.8, 4) is 0 Å². The van der Waals surface area contributed by atoms with Crippen LogP contribution in [-0.4, -0.2) is 35.3 Å².